The van der Waals surface area contributed by atoms with Crippen molar-refractivity contribution in [1.29, 1.82) is 0 Å². The summed E-state index contributed by atoms with van der Waals surface area (Å²) < 4.78 is 6.02. The molecule has 0 saturated carbocycles. The average Bonchev–Trinajstić information content (AvgIpc) is 2.89. The lowest BCUT2D eigenvalue weighted by Gasteiger charge is -2.29. The van der Waals surface area contributed by atoms with Crippen LogP contribution >= 0.6 is 11.6 Å². The Morgan fingerprint density at radius 1 is 1.20 bits per heavy atom. The van der Waals surface area contributed by atoms with Gasteiger partial charge in [0.2, 0.25) is 0 Å². The number of piperidine rings is 1. The SMILES string of the molecule is NC1Oc2c(ccnc2CC2CCNCC2)C1(N)c1ccccc1Cl. The Balaban J connectivity index is 1.74. The second kappa shape index (κ2) is 6.57. The molecule has 4 rings (SSSR count). The van der Waals surface area contributed by atoms with E-state index in [-0.39, 0.29) is 0 Å². The Morgan fingerprint density at radius 3 is 2.72 bits per heavy atom. The molecule has 0 aliphatic carbocycles. The summed E-state index contributed by atoms with van der Waals surface area (Å²) in [5.74, 6) is 1.34. The highest BCUT2D eigenvalue weighted by molar-refractivity contribution is 6.31. The van der Waals surface area contributed by atoms with Crippen LogP contribution in [0, 0.1) is 5.92 Å². The van der Waals surface area contributed by atoms with Crippen molar-refractivity contribution in [2.24, 2.45) is 17.4 Å². The third-order valence-electron chi connectivity index (χ3n) is 5.38. The maximum absolute atomic E-state index is 6.77. The lowest BCUT2D eigenvalue weighted by Crippen LogP contribution is -2.52. The summed E-state index contributed by atoms with van der Waals surface area (Å²) in [7, 11) is 0. The maximum atomic E-state index is 6.77. The summed E-state index contributed by atoms with van der Waals surface area (Å²) >= 11 is 6.41. The van der Waals surface area contributed by atoms with Gasteiger partial charge in [0.25, 0.3) is 0 Å². The van der Waals surface area contributed by atoms with Crippen LogP contribution in [0.25, 0.3) is 0 Å². The van der Waals surface area contributed by atoms with Gasteiger partial charge in [-0.25, -0.2) is 0 Å². The molecule has 1 saturated heterocycles. The predicted octanol–water partition coefficient (Wildman–Crippen LogP) is 2.16. The van der Waals surface area contributed by atoms with E-state index in [1.807, 2.05) is 30.3 Å². The number of nitrogens with two attached hydrogens (primary N) is 2. The van der Waals surface area contributed by atoms with Gasteiger partial charge < -0.3 is 15.8 Å². The van der Waals surface area contributed by atoms with Crippen molar-refractivity contribution in [2.75, 3.05) is 13.1 Å². The second-order valence-electron chi connectivity index (χ2n) is 6.92. The molecule has 5 nitrogen and oxygen atoms in total. The molecule has 2 aliphatic rings. The van der Waals surface area contributed by atoms with Crippen LogP contribution in [-0.2, 0) is 12.0 Å². The monoisotopic (exact) mass is 358 g/mol. The third kappa shape index (κ3) is 2.81. The van der Waals surface area contributed by atoms with E-state index in [1.165, 1.54) is 0 Å². The van der Waals surface area contributed by atoms with Crippen LogP contribution in [0.4, 0.5) is 0 Å². The zero-order valence-electron chi connectivity index (χ0n) is 14.0. The molecular formula is C19H23ClN4O. The van der Waals surface area contributed by atoms with Gasteiger partial charge in [-0.3, -0.25) is 10.7 Å². The van der Waals surface area contributed by atoms with Crippen LogP contribution in [0.1, 0.15) is 29.7 Å². The summed E-state index contributed by atoms with van der Waals surface area (Å²) in [6.07, 6.45) is 4.29. The highest BCUT2D eigenvalue weighted by atomic mass is 35.5. The van der Waals surface area contributed by atoms with Crippen LogP contribution in [0.3, 0.4) is 0 Å². The van der Waals surface area contributed by atoms with E-state index in [2.05, 4.69) is 10.3 Å². The molecule has 0 amide bonds. The van der Waals surface area contributed by atoms with E-state index in [4.69, 9.17) is 27.8 Å². The fourth-order valence-corrected chi connectivity index (χ4v) is 4.21. The van der Waals surface area contributed by atoms with Crippen molar-refractivity contribution in [3.8, 4) is 5.75 Å². The molecule has 0 spiro atoms. The minimum atomic E-state index is -0.973. The lowest BCUT2D eigenvalue weighted by atomic mass is 9.83. The minimum Gasteiger partial charge on any atom is -0.471 e. The van der Waals surface area contributed by atoms with Gasteiger partial charge in [-0.05, 0) is 50.4 Å². The smallest absolute Gasteiger partial charge is 0.174 e. The lowest BCUT2D eigenvalue weighted by molar-refractivity contribution is 0.175. The van der Waals surface area contributed by atoms with Crippen molar-refractivity contribution in [3.05, 3.63) is 58.4 Å². The Bertz CT molecular complexity index is 778. The number of fused-ring (bicyclic) bond motifs is 1. The van der Waals surface area contributed by atoms with Gasteiger partial charge in [-0.1, -0.05) is 29.8 Å². The maximum Gasteiger partial charge on any atom is 0.174 e. The zero-order chi connectivity index (χ0) is 17.4. The van der Waals surface area contributed by atoms with Crippen molar-refractivity contribution in [3.63, 3.8) is 0 Å². The predicted molar refractivity (Wildman–Crippen MR) is 98.6 cm³/mol. The van der Waals surface area contributed by atoms with E-state index < -0.39 is 11.8 Å². The number of halogens is 1. The summed E-state index contributed by atoms with van der Waals surface area (Å²) in [6, 6.07) is 9.43. The van der Waals surface area contributed by atoms with Crippen molar-refractivity contribution in [1.82, 2.24) is 10.3 Å². The Hall–Kier alpha value is -1.66. The molecule has 0 bridgehead atoms. The summed E-state index contributed by atoms with van der Waals surface area (Å²) in [5, 5.41) is 3.99. The molecule has 2 atom stereocenters. The molecule has 6 heteroatoms. The van der Waals surface area contributed by atoms with Gasteiger partial charge in [0.1, 0.15) is 11.3 Å². The first-order valence-corrected chi connectivity index (χ1v) is 9.13. The van der Waals surface area contributed by atoms with Crippen LogP contribution in [0.2, 0.25) is 5.02 Å². The van der Waals surface area contributed by atoms with Gasteiger partial charge in [0.05, 0.1) is 5.69 Å². The molecule has 2 unspecified atom stereocenters. The van der Waals surface area contributed by atoms with Crippen LogP contribution < -0.4 is 21.5 Å². The number of nitrogens with zero attached hydrogens (tertiary/aromatic N) is 1. The van der Waals surface area contributed by atoms with E-state index in [0.29, 0.717) is 10.9 Å². The number of ether oxygens (including phenoxy) is 1. The average molecular weight is 359 g/mol. The third-order valence-corrected chi connectivity index (χ3v) is 5.71. The fourth-order valence-electron chi connectivity index (χ4n) is 3.92. The van der Waals surface area contributed by atoms with Crippen LogP contribution in [0.5, 0.6) is 5.75 Å². The largest absolute Gasteiger partial charge is 0.471 e. The summed E-state index contributed by atoms with van der Waals surface area (Å²) in [5.41, 5.74) is 14.7. The molecular weight excluding hydrogens is 336 g/mol. The number of hydrogen-bond acceptors (Lipinski definition) is 5. The number of nitrogens with one attached hydrogen (secondary N) is 1. The molecule has 3 heterocycles. The van der Waals surface area contributed by atoms with Crippen molar-refractivity contribution < 1.29 is 4.74 Å². The Morgan fingerprint density at radius 2 is 1.96 bits per heavy atom. The molecule has 2 aliphatic heterocycles. The molecule has 0 radical (unpaired) electrons. The van der Waals surface area contributed by atoms with E-state index in [0.717, 1.165) is 54.9 Å². The molecule has 2 aromatic rings. The van der Waals surface area contributed by atoms with E-state index >= 15 is 0 Å². The molecule has 25 heavy (non-hydrogen) atoms. The molecule has 1 fully saturated rings. The number of rotatable bonds is 3. The summed E-state index contributed by atoms with van der Waals surface area (Å²) in [4.78, 5) is 4.57. The molecule has 1 aromatic carbocycles. The van der Waals surface area contributed by atoms with Crippen LogP contribution in [-0.4, -0.2) is 24.3 Å². The van der Waals surface area contributed by atoms with Gasteiger partial charge in [0, 0.05) is 22.3 Å². The zero-order valence-corrected chi connectivity index (χ0v) is 14.8. The van der Waals surface area contributed by atoms with Gasteiger partial charge in [0.15, 0.2) is 6.23 Å². The highest BCUT2D eigenvalue weighted by Crippen LogP contribution is 2.45. The fraction of sp³-hybridized carbons (Fsp3) is 0.421. The number of aromatic nitrogens is 1. The minimum absolute atomic E-state index is 0.591. The first-order chi connectivity index (χ1) is 12.1. The van der Waals surface area contributed by atoms with Crippen molar-refractivity contribution in [2.45, 2.75) is 31.0 Å². The van der Waals surface area contributed by atoms with Gasteiger partial charge in [-0.2, -0.15) is 0 Å². The van der Waals surface area contributed by atoms with E-state index in [1.54, 1.807) is 6.20 Å². The molecule has 1 aromatic heterocycles. The standard InChI is InChI=1S/C19H23ClN4O/c20-15-4-2-1-3-13(15)19(22)14-7-10-24-16(17(14)25-18(19)21)11-12-5-8-23-9-6-12/h1-4,7,10,12,18,23H,5-6,8-9,11,21-22H2. The van der Waals surface area contributed by atoms with Gasteiger partial charge in [-0.15, -0.1) is 0 Å². The number of benzene rings is 1. The number of pyridine rings is 1. The number of hydrogen-bond donors (Lipinski definition) is 3. The first-order valence-electron chi connectivity index (χ1n) is 8.76. The topological polar surface area (TPSA) is 86.2 Å². The highest BCUT2D eigenvalue weighted by Gasteiger charge is 2.48. The Labute approximate surface area is 152 Å². The van der Waals surface area contributed by atoms with Gasteiger partial charge >= 0.3 is 0 Å². The van der Waals surface area contributed by atoms with Crippen LogP contribution in [0.15, 0.2) is 36.5 Å². The first kappa shape index (κ1) is 16.8. The molecule has 132 valence electrons. The summed E-state index contributed by atoms with van der Waals surface area (Å²) in [6.45, 7) is 2.11. The molecule has 5 N–H and O–H groups in total. The van der Waals surface area contributed by atoms with E-state index in [9.17, 15) is 0 Å². The quantitative estimate of drug-likeness (QED) is 0.782. The second-order valence-corrected chi connectivity index (χ2v) is 7.33. The van der Waals surface area contributed by atoms with Crippen molar-refractivity contribution >= 4 is 11.6 Å². The Kier molecular flexibility index (Phi) is 4.41. The normalized spacial score (nSPS) is 26.3.